The van der Waals surface area contributed by atoms with Crippen molar-refractivity contribution in [3.8, 4) is 0 Å². The third-order valence-electron chi connectivity index (χ3n) is 2.90. The Morgan fingerprint density at radius 3 is 2.20 bits per heavy atom. The number of hydrogen-bond donors (Lipinski definition) is 0. The smallest absolute Gasteiger partial charge is 0.325 e. The van der Waals surface area contributed by atoms with Gasteiger partial charge < -0.3 is 9.47 Å². The average molecular weight is 215 g/mol. The molecule has 1 aliphatic heterocycles. The second-order valence-electron chi connectivity index (χ2n) is 4.71. The Hall–Kier alpha value is -0.610. The summed E-state index contributed by atoms with van der Waals surface area (Å²) in [5.41, 5.74) is -0.568. The van der Waals surface area contributed by atoms with Crippen molar-refractivity contribution in [3.63, 3.8) is 0 Å². The van der Waals surface area contributed by atoms with Crippen LogP contribution in [0, 0.1) is 0 Å². The summed E-state index contributed by atoms with van der Waals surface area (Å²) < 4.78 is 10.4. The van der Waals surface area contributed by atoms with Crippen LogP contribution in [0.15, 0.2) is 0 Å². The molecule has 0 unspecified atom stereocenters. The van der Waals surface area contributed by atoms with Crippen molar-refractivity contribution >= 4 is 5.97 Å². The highest BCUT2D eigenvalue weighted by Gasteiger charge is 2.39. The minimum absolute atomic E-state index is 0.165. The molecular weight excluding hydrogens is 194 g/mol. The summed E-state index contributed by atoms with van der Waals surface area (Å²) in [4.78, 5) is 13.8. The quantitative estimate of drug-likeness (QED) is 0.645. The molecule has 88 valence electrons. The van der Waals surface area contributed by atoms with Gasteiger partial charge in [-0.3, -0.25) is 9.69 Å². The van der Waals surface area contributed by atoms with Crippen LogP contribution in [0.4, 0.5) is 0 Å². The van der Waals surface area contributed by atoms with Crippen LogP contribution in [0.25, 0.3) is 0 Å². The van der Waals surface area contributed by atoms with Crippen LogP contribution < -0.4 is 0 Å². The fourth-order valence-electron chi connectivity index (χ4n) is 2.01. The second kappa shape index (κ2) is 4.49. The summed E-state index contributed by atoms with van der Waals surface area (Å²) in [6.45, 7) is 9.37. The summed E-state index contributed by atoms with van der Waals surface area (Å²) in [7, 11) is 1.43. The van der Waals surface area contributed by atoms with E-state index in [1.807, 2.05) is 27.7 Å². The number of ether oxygens (including phenoxy) is 2. The first kappa shape index (κ1) is 12.5. The van der Waals surface area contributed by atoms with Crippen LogP contribution in [-0.2, 0) is 14.3 Å². The predicted octanol–water partition coefficient (Wildman–Crippen LogP) is 1.05. The molecular formula is C11H21NO3. The van der Waals surface area contributed by atoms with Crippen molar-refractivity contribution in [2.45, 2.75) is 45.4 Å². The maximum absolute atomic E-state index is 11.6. The lowest BCUT2D eigenvalue weighted by Gasteiger charge is -2.43. The standard InChI is InChI=1S/C11H21NO3/c1-8-6-12(7-9(2)15-8)11(3,4)10(13)14-5/h8-9H,6-7H2,1-5H3/t8-,9-/m1/s1. The molecule has 15 heavy (non-hydrogen) atoms. The summed E-state index contributed by atoms with van der Waals surface area (Å²) in [5.74, 6) is -0.191. The van der Waals surface area contributed by atoms with E-state index in [0.717, 1.165) is 13.1 Å². The van der Waals surface area contributed by atoms with Gasteiger partial charge in [0.15, 0.2) is 0 Å². The summed E-state index contributed by atoms with van der Waals surface area (Å²) >= 11 is 0. The van der Waals surface area contributed by atoms with Gasteiger partial charge in [-0.05, 0) is 27.7 Å². The zero-order chi connectivity index (χ0) is 11.6. The molecule has 0 aromatic rings. The molecule has 4 heteroatoms. The van der Waals surface area contributed by atoms with Crippen LogP contribution in [0.5, 0.6) is 0 Å². The first-order chi connectivity index (χ1) is 6.87. The third-order valence-corrected chi connectivity index (χ3v) is 2.90. The number of carbonyl (C=O) groups is 1. The predicted molar refractivity (Wildman–Crippen MR) is 57.7 cm³/mol. The number of rotatable bonds is 2. The normalized spacial score (nSPS) is 28.9. The van der Waals surface area contributed by atoms with E-state index < -0.39 is 5.54 Å². The van der Waals surface area contributed by atoms with Gasteiger partial charge in [-0.1, -0.05) is 0 Å². The largest absolute Gasteiger partial charge is 0.468 e. The molecule has 0 bridgehead atoms. The number of carbonyl (C=O) groups excluding carboxylic acids is 1. The first-order valence-electron chi connectivity index (χ1n) is 5.37. The zero-order valence-electron chi connectivity index (χ0n) is 10.2. The van der Waals surface area contributed by atoms with Crippen molar-refractivity contribution in [1.82, 2.24) is 4.90 Å². The molecule has 1 fully saturated rings. The van der Waals surface area contributed by atoms with Crippen molar-refractivity contribution in [3.05, 3.63) is 0 Å². The molecule has 0 aromatic heterocycles. The number of hydrogen-bond acceptors (Lipinski definition) is 4. The number of nitrogens with zero attached hydrogens (tertiary/aromatic N) is 1. The van der Waals surface area contributed by atoms with Gasteiger partial charge in [0.1, 0.15) is 5.54 Å². The molecule has 0 spiro atoms. The lowest BCUT2D eigenvalue weighted by atomic mass is 10.0. The first-order valence-corrected chi connectivity index (χ1v) is 5.37. The summed E-state index contributed by atoms with van der Waals surface area (Å²) in [5, 5.41) is 0. The molecule has 1 saturated heterocycles. The Balaban J connectivity index is 2.73. The Kier molecular flexibility index (Phi) is 3.73. The molecule has 2 atom stereocenters. The van der Waals surface area contributed by atoms with Crippen LogP contribution >= 0.6 is 0 Å². The van der Waals surface area contributed by atoms with E-state index in [1.165, 1.54) is 7.11 Å². The van der Waals surface area contributed by atoms with E-state index >= 15 is 0 Å². The molecule has 0 N–H and O–H groups in total. The van der Waals surface area contributed by atoms with E-state index in [-0.39, 0.29) is 18.2 Å². The van der Waals surface area contributed by atoms with E-state index in [1.54, 1.807) is 0 Å². The van der Waals surface area contributed by atoms with Gasteiger partial charge >= 0.3 is 5.97 Å². The molecule has 0 aromatic carbocycles. The lowest BCUT2D eigenvalue weighted by molar-refractivity contribution is -0.161. The molecule has 1 aliphatic rings. The van der Waals surface area contributed by atoms with Crippen LogP contribution in [0.3, 0.4) is 0 Å². The molecule has 1 heterocycles. The number of morpholine rings is 1. The molecule has 1 rings (SSSR count). The number of esters is 1. The topological polar surface area (TPSA) is 38.8 Å². The van der Waals surface area contributed by atoms with Gasteiger partial charge in [0.2, 0.25) is 0 Å². The van der Waals surface area contributed by atoms with Crippen LogP contribution in [-0.4, -0.2) is 48.8 Å². The second-order valence-corrected chi connectivity index (χ2v) is 4.71. The molecule has 0 saturated carbocycles. The summed E-state index contributed by atoms with van der Waals surface area (Å²) in [6.07, 6.45) is 0.329. The van der Waals surface area contributed by atoms with Gasteiger partial charge in [0, 0.05) is 13.1 Å². The van der Waals surface area contributed by atoms with Crippen molar-refractivity contribution in [2.75, 3.05) is 20.2 Å². The third kappa shape index (κ3) is 2.69. The zero-order valence-corrected chi connectivity index (χ0v) is 10.2. The molecule has 4 nitrogen and oxygen atoms in total. The highest BCUT2D eigenvalue weighted by molar-refractivity contribution is 5.79. The maximum atomic E-state index is 11.6. The maximum Gasteiger partial charge on any atom is 0.325 e. The van der Waals surface area contributed by atoms with E-state index in [9.17, 15) is 4.79 Å². The SMILES string of the molecule is COC(=O)C(C)(C)N1C[C@@H](C)O[C@H](C)C1. The highest BCUT2D eigenvalue weighted by atomic mass is 16.5. The van der Waals surface area contributed by atoms with E-state index in [0.29, 0.717) is 0 Å². The van der Waals surface area contributed by atoms with Gasteiger partial charge in [-0.15, -0.1) is 0 Å². The Morgan fingerprint density at radius 1 is 1.33 bits per heavy atom. The molecule has 0 amide bonds. The Labute approximate surface area is 91.5 Å². The van der Waals surface area contributed by atoms with Gasteiger partial charge in [0.05, 0.1) is 19.3 Å². The van der Waals surface area contributed by atoms with Crippen molar-refractivity contribution in [1.29, 1.82) is 0 Å². The van der Waals surface area contributed by atoms with Gasteiger partial charge in [0.25, 0.3) is 0 Å². The highest BCUT2D eigenvalue weighted by Crippen LogP contribution is 2.22. The fraction of sp³-hybridized carbons (Fsp3) is 0.909. The van der Waals surface area contributed by atoms with Gasteiger partial charge in [-0.2, -0.15) is 0 Å². The number of methoxy groups -OCH3 is 1. The minimum Gasteiger partial charge on any atom is -0.468 e. The van der Waals surface area contributed by atoms with Crippen LogP contribution in [0.2, 0.25) is 0 Å². The average Bonchev–Trinajstić information content (AvgIpc) is 2.15. The van der Waals surface area contributed by atoms with Gasteiger partial charge in [-0.25, -0.2) is 0 Å². The van der Waals surface area contributed by atoms with E-state index in [4.69, 9.17) is 9.47 Å². The van der Waals surface area contributed by atoms with Crippen LogP contribution in [0.1, 0.15) is 27.7 Å². The summed E-state index contributed by atoms with van der Waals surface area (Å²) in [6, 6.07) is 0. The Bertz CT molecular complexity index is 230. The Morgan fingerprint density at radius 2 is 1.80 bits per heavy atom. The fourth-order valence-corrected chi connectivity index (χ4v) is 2.01. The lowest BCUT2D eigenvalue weighted by Crippen LogP contribution is -2.58. The molecule has 0 radical (unpaired) electrons. The molecule has 0 aliphatic carbocycles. The monoisotopic (exact) mass is 215 g/mol. The van der Waals surface area contributed by atoms with Crippen molar-refractivity contribution in [2.24, 2.45) is 0 Å². The van der Waals surface area contributed by atoms with Crippen molar-refractivity contribution < 1.29 is 14.3 Å². The van der Waals surface area contributed by atoms with E-state index in [2.05, 4.69) is 4.90 Å². The minimum atomic E-state index is -0.568.